The van der Waals surface area contributed by atoms with Crippen LogP contribution in [0.25, 0.3) is 89.7 Å². The molecular weight excluding hydrogens is 524 g/mol. The van der Waals surface area contributed by atoms with Gasteiger partial charge >= 0.3 is 0 Å². The van der Waals surface area contributed by atoms with E-state index in [9.17, 15) is 0 Å². The van der Waals surface area contributed by atoms with E-state index in [0.29, 0.717) is 57.0 Å². The fourth-order valence-electron chi connectivity index (χ4n) is 5.77. The number of hydrogen-bond acceptors (Lipinski definition) is 8. The molecule has 0 saturated carbocycles. The van der Waals surface area contributed by atoms with Gasteiger partial charge in [0.05, 0.1) is 11.1 Å². The van der Waals surface area contributed by atoms with Crippen molar-refractivity contribution < 1.29 is 0 Å². The second kappa shape index (κ2) is 8.42. The number of aromatic nitrogens is 8. The second-order valence-corrected chi connectivity index (χ2v) is 10.1. The molecule has 2 aliphatic rings. The van der Waals surface area contributed by atoms with Gasteiger partial charge in [-0.3, -0.25) is 0 Å². The smallest absolute Gasteiger partial charge is 0.164 e. The highest BCUT2D eigenvalue weighted by atomic mass is 15.1. The molecule has 0 atom stereocenters. The molecule has 5 heterocycles. The van der Waals surface area contributed by atoms with Crippen LogP contribution in [-0.2, 0) is 0 Å². The molecule has 3 aromatic heterocycles. The summed E-state index contributed by atoms with van der Waals surface area (Å²) >= 11 is 0. The van der Waals surface area contributed by atoms with Crippen molar-refractivity contribution in [3.63, 3.8) is 0 Å². The van der Waals surface area contributed by atoms with Gasteiger partial charge in [-0.05, 0) is 6.07 Å². The molecule has 9 rings (SSSR count). The van der Waals surface area contributed by atoms with Crippen molar-refractivity contribution in [2.45, 2.75) is 0 Å². The maximum atomic E-state index is 7.84. The van der Waals surface area contributed by atoms with Crippen molar-refractivity contribution in [3.8, 4) is 45.6 Å². The average molecular weight is 543 g/mol. The monoisotopic (exact) mass is 542 g/mol. The summed E-state index contributed by atoms with van der Waals surface area (Å²) in [7, 11) is 0. The number of rotatable bonds is 1. The van der Waals surface area contributed by atoms with Gasteiger partial charge in [0, 0.05) is 38.4 Å². The number of nitrogens with zero attached hydrogens (tertiary/aromatic N) is 7. The summed E-state index contributed by atoms with van der Waals surface area (Å²) in [5.74, 6) is 2.13. The third-order valence-corrected chi connectivity index (χ3v) is 7.68. The molecule has 0 fully saturated rings. The fraction of sp³-hybridized carbons (Fsp3) is 0. The first-order valence-corrected chi connectivity index (χ1v) is 13.4. The third kappa shape index (κ3) is 3.20. The Morgan fingerprint density at radius 2 is 0.833 bits per heavy atom. The lowest BCUT2D eigenvalue weighted by molar-refractivity contribution is 1.16. The van der Waals surface area contributed by atoms with E-state index in [1.54, 1.807) is 6.07 Å². The molecule has 0 unspecified atom stereocenters. The summed E-state index contributed by atoms with van der Waals surface area (Å²) < 4.78 is 0. The van der Waals surface area contributed by atoms with Crippen molar-refractivity contribution in [2.75, 3.05) is 0 Å². The predicted octanol–water partition coefficient (Wildman–Crippen LogP) is 7.53. The summed E-state index contributed by atoms with van der Waals surface area (Å²) in [5.41, 5.74) is 14.2. The Hall–Kier alpha value is -6.16. The summed E-state index contributed by atoms with van der Waals surface area (Å²) in [6.07, 6.45) is 0. The first kappa shape index (κ1) is 22.6. The molecule has 42 heavy (non-hydrogen) atoms. The second-order valence-electron chi connectivity index (χ2n) is 10.1. The number of hydrogen-bond donors (Lipinski definition) is 3. The van der Waals surface area contributed by atoms with Crippen molar-refractivity contribution in [2.24, 2.45) is 5.11 Å². The van der Waals surface area contributed by atoms with Crippen LogP contribution in [0.15, 0.2) is 96.1 Å². The van der Waals surface area contributed by atoms with Gasteiger partial charge in [0.2, 0.25) is 0 Å². The van der Waals surface area contributed by atoms with E-state index in [1.165, 1.54) is 0 Å². The van der Waals surface area contributed by atoms with E-state index in [2.05, 4.69) is 15.1 Å². The van der Waals surface area contributed by atoms with E-state index in [0.717, 1.165) is 38.4 Å². The standard InChI is InChI=1S/C32H18N10/c33-42-23-15-7-14-22-24(23)32-40-30-21-13-6-5-12-20(21)28(38-30)36-26-17-9-2-1-8-16(17)25(34-26)35-27-18-10-3-4-11-19(18)29(37-27)39-31(22)41-32/h1-15,33H,(H2,34,35,36,37,38,39,40,41). The fourth-order valence-corrected chi connectivity index (χ4v) is 5.77. The van der Waals surface area contributed by atoms with Gasteiger partial charge in [-0.15, -0.1) is 0 Å². The lowest BCUT2D eigenvalue weighted by Crippen LogP contribution is -1.83. The quantitative estimate of drug-likeness (QED) is 0.183. The number of nitrogens with one attached hydrogen (secondary N) is 3. The van der Waals surface area contributed by atoms with E-state index >= 15 is 0 Å². The van der Waals surface area contributed by atoms with Crippen LogP contribution in [0, 0.1) is 5.53 Å². The molecule has 10 nitrogen and oxygen atoms in total. The topological polar surface area (TPSA) is 145 Å². The minimum atomic E-state index is 0.476. The van der Waals surface area contributed by atoms with Gasteiger partial charge in [-0.25, -0.2) is 35.4 Å². The van der Waals surface area contributed by atoms with E-state index in [1.807, 2.05) is 84.9 Å². The largest absolute Gasteiger partial charge is 0.324 e. The van der Waals surface area contributed by atoms with Crippen LogP contribution in [-0.4, -0.2) is 39.9 Å². The number of benzene rings is 4. The Morgan fingerprint density at radius 1 is 0.429 bits per heavy atom. The van der Waals surface area contributed by atoms with Crippen LogP contribution < -0.4 is 0 Å². The van der Waals surface area contributed by atoms with Crippen LogP contribution >= 0.6 is 0 Å². The van der Waals surface area contributed by atoms with E-state index < -0.39 is 0 Å². The minimum absolute atomic E-state index is 0.476. The van der Waals surface area contributed by atoms with Crippen molar-refractivity contribution in [1.82, 2.24) is 39.9 Å². The van der Waals surface area contributed by atoms with Gasteiger partial charge < -0.3 is 9.97 Å². The molecule has 196 valence electrons. The lowest BCUT2D eigenvalue weighted by atomic mass is 10.1. The van der Waals surface area contributed by atoms with Crippen LogP contribution in [0.3, 0.4) is 0 Å². The molecular formula is C32H18N10. The SMILES string of the molecule is N=Nc1cccc2c3nc4nc(nc5[nH]c(nc6nc(nc([nH]3)c12)-c1ccccc1-6)c1ccccc51)-c1ccccc1-4. The van der Waals surface area contributed by atoms with Crippen LogP contribution in [0.5, 0.6) is 0 Å². The molecule has 0 radical (unpaired) electrons. The van der Waals surface area contributed by atoms with E-state index in [-0.39, 0.29) is 0 Å². The van der Waals surface area contributed by atoms with Gasteiger partial charge in [0.25, 0.3) is 0 Å². The maximum absolute atomic E-state index is 7.84. The molecule has 7 aromatic rings. The van der Waals surface area contributed by atoms with Gasteiger partial charge in [-0.2, -0.15) is 5.11 Å². The predicted molar refractivity (Wildman–Crippen MR) is 161 cm³/mol. The molecule has 0 saturated heterocycles. The van der Waals surface area contributed by atoms with Gasteiger partial charge in [0.15, 0.2) is 23.3 Å². The van der Waals surface area contributed by atoms with Crippen molar-refractivity contribution in [1.29, 1.82) is 5.53 Å². The Bertz CT molecular complexity index is 2450. The molecule has 4 aromatic carbocycles. The first-order chi connectivity index (χ1) is 20.7. The zero-order chi connectivity index (χ0) is 27.8. The third-order valence-electron chi connectivity index (χ3n) is 7.68. The number of H-pyrrole nitrogens is 2. The molecule has 3 N–H and O–H groups in total. The normalized spacial score (nSPS) is 11.9. The molecule has 0 spiro atoms. The lowest BCUT2D eigenvalue weighted by Gasteiger charge is -1.97. The highest BCUT2D eigenvalue weighted by Crippen LogP contribution is 2.38. The summed E-state index contributed by atoms with van der Waals surface area (Å²) in [6.45, 7) is 0. The molecule has 8 bridgehead atoms. The van der Waals surface area contributed by atoms with Crippen LogP contribution in [0.2, 0.25) is 0 Å². The Kier molecular flexibility index (Phi) is 4.54. The highest BCUT2D eigenvalue weighted by molar-refractivity contribution is 6.11. The molecule has 2 aliphatic heterocycles. The number of aromatic amines is 2. The minimum Gasteiger partial charge on any atom is -0.324 e. The summed E-state index contributed by atoms with van der Waals surface area (Å²) in [6, 6.07) is 29.4. The van der Waals surface area contributed by atoms with Crippen LogP contribution in [0.4, 0.5) is 5.69 Å². The zero-order valence-corrected chi connectivity index (χ0v) is 21.8. The summed E-state index contributed by atoms with van der Waals surface area (Å²) in [5, 5.41) is 7.10. The van der Waals surface area contributed by atoms with Gasteiger partial charge in [0.1, 0.15) is 22.6 Å². The maximum Gasteiger partial charge on any atom is 0.164 e. The number of fused-ring (bicyclic) bond motifs is 20. The molecule has 0 aliphatic carbocycles. The Morgan fingerprint density at radius 3 is 1.33 bits per heavy atom. The van der Waals surface area contributed by atoms with Crippen LogP contribution in [0.1, 0.15) is 0 Å². The average Bonchev–Trinajstić information content (AvgIpc) is 3.76. The molecule has 10 heteroatoms. The first-order valence-electron chi connectivity index (χ1n) is 13.4. The van der Waals surface area contributed by atoms with Gasteiger partial charge in [-0.1, -0.05) is 84.9 Å². The Labute approximate surface area is 236 Å². The van der Waals surface area contributed by atoms with Crippen molar-refractivity contribution in [3.05, 3.63) is 91.0 Å². The molecule has 0 amide bonds. The van der Waals surface area contributed by atoms with Crippen molar-refractivity contribution >= 4 is 49.8 Å². The zero-order valence-electron chi connectivity index (χ0n) is 21.8. The van der Waals surface area contributed by atoms with E-state index in [4.69, 9.17) is 35.4 Å². The highest BCUT2D eigenvalue weighted by Gasteiger charge is 2.22. The summed E-state index contributed by atoms with van der Waals surface area (Å²) in [4.78, 5) is 36.6. The Balaban J connectivity index is 1.52.